The maximum Gasteiger partial charge on any atom is 0.0645 e. The number of benzene rings is 20. The number of nitrogens with zero attached hydrogens (tertiary/aromatic N) is 4. The van der Waals surface area contributed by atoms with E-state index in [0.29, 0.717) is 20.4 Å². The first-order chi connectivity index (χ1) is 89.8. The zero-order valence-corrected chi connectivity index (χ0v) is 63.0. The van der Waals surface area contributed by atoms with Crippen molar-refractivity contribution in [3.63, 3.8) is 0 Å². The molecule has 2 aromatic heterocycles. The molecule has 584 valence electrons. The first-order valence-corrected chi connectivity index (χ1v) is 37.0. The molecule has 0 fully saturated rings. The molecule has 0 bridgehead atoms. The number of anilines is 6. The van der Waals surface area contributed by atoms with Crippen LogP contribution in [-0.2, 0) is 0 Å². The van der Waals surface area contributed by atoms with E-state index in [-0.39, 0.29) is 16.0 Å². The molecule has 22 aromatic rings. The molecule has 0 amide bonds. The summed E-state index contributed by atoms with van der Waals surface area (Å²) in [7, 11) is 0. The summed E-state index contributed by atoms with van der Waals surface area (Å²) in [6, 6.07) is -45.2. The minimum Gasteiger partial charge on any atom is -0.310 e. The lowest BCUT2D eigenvalue weighted by Gasteiger charge is -2.28. The van der Waals surface area contributed by atoms with E-state index in [1.54, 1.807) is 18.2 Å². The number of para-hydroxylation sites is 4. The summed E-state index contributed by atoms with van der Waals surface area (Å²) in [5.41, 5.74) is -20.9. The summed E-state index contributed by atoms with van der Waals surface area (Å²) in [4.78, 5) is 0.631. The van der Waals surface area contributed by atoms with Gasteiger partial charge in [-0.3, -0.25) is 0 Å². The Morgan fingerprint density at radius 3 is 0.944 bits per heavy atom. The van der Waals surface area contributed by atoms with Crippen LogP contribution in [0.25, 0.3) is 166 Å². The molecule has 0 saturated heterocycles. The van der Waals surface area contributed by atoms with E-state index in [1.807, 2.05) is 83.4 Å². The predicted octanol–water partition coefficient (Wildman–Crippen LogP) is 33.2. The first-order valence-electron chi connectivity index (χ1n) is 71.0. The Morgan fingerprint density at radius 1 is 0.169 bits per heavy atom. The quantitative estimate of drug-likeness (QED) is 0.0851. The van der Waals surface area contributed by atoms with Crippen molar-refractivity contribution < 1.29 is 93.2 Å². The van der Waals surface area contributed by atoms with E-state index in [9.17, 15) is 42.5 Å². The van der Waals surface area contributed by atoms with Crippen molar-refractivity contribution in [3.8, 4) is 123 Å². The molecule has 22 rings (SSSR count). The van der Waals surface area contributed by atoms with Crippen molar-refractivity contribution in [2.75, 3.05) is 9.80 Å². The van der Waals surface area contributed by atoms with Gasteiger partial charge >= 0.3 is 0 Å². The van der Waals surface area contributed by atoms with Gasteiger partial charge in [-0.15, -0.1) is 0 Å². The van der Waals surface area contributed by atoms with Crippen molar-refractivity contribution in [2.24, 2.45) is 0 Å². The zero-order valence-electron chi connectivity index (χ0n) is 131. The van der Waals surface area contributed by atoms with E-state index in [1.165, 1.54) is 0 Å². The van der Waals surface area contributed by atoms with Gasteiger partial charge in [-0.25, -0.2) is 0 Å². The molecular formula is C120H84N4. The number of hydrogen-bond acceptors (Lipinski definition) is 2. The van der Waals surface area contributed by atoms with Gasteiger partial charge < -0.3 is 18.9 Å². The topological polar surface area (TPSA) is 16.3 Å². The lowest BCUT2D eigenvalue weighted by Crippen LogP contribution is -2.11. The van der Waals surface area contributed by atoms with Crippen LogP contribution in [0.3, 0.4) is 0 Å². The van der Waals surface area contributed by atoms with E-state index >= 15 is 0 Å². The van der Waals surface area contributed by atoms with E-state index in [0.717, 1.165) is 27.7 Å². The Morgan fingerprint density at radius 2 is 0.484 bits per heavy atom. The summed E-state index contributed by atoms with van der Waals surface area (Å²) in [6.07, 6.45) is 0. The van der Waals surface area contributed by atoms with Gasteiger partial charge in [-0.2, -0.15) is 0 Å². The smallest absolute Gasteiger partial charge is 0.0645 e. The summed E-state index contributed by atoms with van der Waals surface area (Å²) in [6.45, 7) is 0. The van der Waals surface area contributed by atoms with Gasteiger partial charge in [0.05, 0.1) is 127 Å². The van der Waals surface area contributed by atoms with E-state index < -0.39 is 562 Å². The van der Waals surface area contributed by atoms with E-state index in [4.69, 9.17) is 50.7 Å². The Hall–Kier alpha value is -16.4. The lowest BCUT2D eigenvalue weighted by atomic mass is 9.99. The minimum atomic E-state index is -1.50. The molecule has 0 aliphatic heterocycles. The molecule has 0 atom stereocenters. The Kier molecular flexibility index (Phi) is 8.71. The van der Waals surface area contributed by atoms with Gasteiger partial charge in [0, 0.05) is 66.8 Å². The molecule has 4 nitrogen and oxygen atoms in total. The molecule has 0 aliphatic carbocycles. The van der Waals surface area contributed by atoms with E-state index in [2.05, 4.69) is 0 Å². The molecule has 124 heavy (non-hydrogen) atoms. The molecule has 4 heteroatoms. The third-order valence-corrected chi connectivity index (χ3v) is 19.1. The van der Waals surface area contributed by atoms with Crippen LogP contribution in [0.15, 0.2) is 508 Å². The van der Waals surface area contributed by atoms with Gasteiger partial charge in [0.2, 0.25) is 0 Å². The number of fused-ring (bicyclic) bond motifs is 6. The standard InChI is InChI=1S/2C60H42N2/c2*1-4-14-43(15-5-1)45-24-26-46(27-25-45)48-28-35-52(36-29-48)61(58-22-12-10-20-55(58)50-18-8-3-9-19-50)53-37-32-49(33-38-53)51-34-41-60-57(42-51)56-21-11-13-23-59(56)62(60)54-39-30-47(31-40-54)44-16-6-2-7-17-44/h2*1-42H/i1D,2D,3D,4D,5D,6D,7D,8D,9D,10D,11D,12D,13D,14D,15D,16D,17D,18D,19D,20D,21D,22D,23D,24D,25D,26D,27D,28D,29D,30D,31D,32D,33D,34D,35D,36D,37D,38D,39D,40D,41D,42D;1D,3D,4D,5D,8D,9D,10D,12D,14D,15D,18D,19D,20D,22D,24D,25D,26D,27D,28D,29D,32D,33D,35D,36D,37D,38D. The molecule has 0 spiro atoms. The predicted molar refractivity (Wildman–Crippen MR) is 525 cm³/mol. The van der Waals surface area contributed by atoms with Crippen LogP contribution >= 0.6 is 0 Å². The van der Waals surface area contributed by atoms with Crippen molar-refractivity contribution in [2.45, 2.75) is 0 Å². The number of rotatable bonds is 18. The average Bonchev–Trinajstić information content (AvgIpc) is 1.58. The fourth-order valence-corrected chi connectivity index (χ4v) is 13.4. The van der Waals surface area contributed by atoms with Crippen LogP contribution in [-0.4, -0.2) is 9.13 Å². The number of hydrogen-bond donors (Lipinski definition) is 0. The normalized spacial score (nSPS) is 18.9. The average molecular weight is 1650 g/mol. The fourth-order valence-electron chi connectivity index (χ4n) is 13.4. The SMILES string of the molecule is [2H]c1c([2H])c([2H])c(-c2c([2H])c([2H])c(-c3c([2H])c([2H])c(N(c4c([2H])c([2H])c(-c5c([2H])c([2H])c6c(c5[2H])c5c([2H])c([2H])c([2H])c([2H])c5n6-c5c([2H])c([2H])c(-c6c([2H])c([2H])c([2H])c([2H])c6[2H])c([2H])c5[2H])c([2H])c4[2H])c4c([2H])c([2H])c([2H])c([2H])c4-c4c([2H])c([2H])c([2H])c([2H])c4[2H])c([2H])c3[2H])c([2H])c2[2H])c([2H])c1[2H].[2H]c1c([2H])c([2H])c(-c2c([2H])c([2H])c(-c3c([2H])c([2H])c(N(c4c([2H])c([2H])c(-c5ccc6c(c5)c5ccccc5n6-c5ccc(-c6ccccc6)cc5)c([2H])c4[2H])c4c([2H])c([2H])c([2H])c([2H])c4-c4c([2H])c([2H])c([2H])c([2H])c4[2H])c([2H])c3[2H])c([2H])c2[2H])c([2H])c1[2H]. The molecule has 0 aliphatic rings. The highest BCUT2D eigenvalue weighted by molar-refractivity contribution is 6.12. The van der Waals surface area contributed by atoms with Gasteiger partial charge in [0.1, 0.15) is 0 Å². The highest BCUT2D eigenvalue weighted by Gasteiger charge is 2.23. The largest absolute Gasteiger partial charge is 0.310 e. The van der Waals surface area contributed by atoms with Gasteiger partial charge in [0.25, 0.3) is 0 Å². The van der Waals surface area contributed by atoms with Crippen LogP contribution in [0.1, 0.15) is 93.2 Å². The Balaban J connectivity index is 0.000000216. The minimum absolute atomic E-state index is 0.150. The summed E-state index contributed by atoms with van der Waals surface area (Å²) in [5.74, 6) is 0. The second kappa shape index (κ2) is 33.8. The Bertz CT molecular complexity index is 11700. The monoisotopic (exact) mass is 1650 g/mol. The molecule has 0 unspecified atom stereocenters. The summed E-state index contributed by atoms with van der Waals surface area (Å²) >= 11 is 0. The van der Waals surface area contributed by atoms with Crippen LogP contribution in [0, 0.1) is 0 Å². The van der Waals surface area contributed by atoms with Crippen LogP contribution < -0.4 is 9.80 Å². The van der Waals surface area contributed by atoms with Crippen LogP contribution in [0.2, 0.25) is 0 Å². The third-order valence-electron chi connectivity index (χ3n) is 19.1. The second-order valence-corrected chi connectivity index (χ2v) is 26.3. The first kappa shape index (κ1) is 32.0. The summed E-state index contributed by atoms with van der Waals surface area (Å²) in [5, 5.41) is -0.221. The molecule has 0 N–H and O–H groups in total. The zero-order chi connectivity index (χ0) is 142. The fraction of sp³-hybridized carbons (Fsp3) is 0. The Labute approximate surface area is 819 Å². The van der Waals surface area contributed by atoms with Crippen molar-refractivity contribution in [3.05, 3.63) is 508 Å². The van der Waals surface area contributed by atoms with Crippen LogP contribution in [0.5, 0.6) is 0 Å². The maximum atomic E-state index is 9.93. The van der Waals surface area contributed by atoms with Gasteiger partial charge in [-0.05, 0) is 221 Å². The van der Waals surface area contributed by atoms with Crippen molar-refractivity contribution >= 4 is 77.7 Å². The maximum absolute atomic E-state index is 9.93. The van der Waals surface area contributed by atoms with Gasteiger partial charge in [-0.1, -0.05) is 387 Å². The molecular weight excluding hydrogens is 1500 g/mol. The number of aromatic nitrogens is 2. The highest BCUT2D eigenvalue weighted by Crippen LogP contribution is 2.47. The summed E-state index contributed by atoms with van der Waals surface area (Å²) < 4.78 is 619. The lowest BCUT2D eigenvalue weighted by molar-refractivity contribution is 1.18. The highest BCUT2D eigenvalue weighted by atomic mass is 15.2. The second-order valence-electron chi connectivity index (χ2n) is 26.3. The van der Waals surface area contributed by atoms with Crippen LogP contribution in [0.4, 0.5) is 34.1 Å². The molecule has 2 heterocycles. The molecule has 0 saturated carbocycles. The third kappa shape index (κ3) is 15.0. The molecule has 0 radical (unpaired) electrons. The van der Waals surface area contributed by atoms with Gasteiger partial charge in [0.15, 0.2) is 0 Å². The van der Waals surface area contributed by atoms with Crippen molar-refractivity contribution in [1.29, 1.82) is 0 Å². The molecule has 20 aromatic carbocycles. The van der Waals surface area contributed by atoms with Crippen molar-refractivity contribution in [1.82, 2.24) is 9.13 Å².